The van der Waals surface area contributed by atoms with Crippen molar-refractivity contribution in [3.05, 3.63) is 24.0 Å². The van der Waals surface area contributed by atoms with Gasteiger partial charge in [-0.25, -0.2) is 5.43 Å². The summed E-state index contributed by atoms with van der Waals surface area (Å²) < 4.78 is 5.40. The van der Waals surface area contributed by atoms with E-state index in [0.717, 1.165) is 31.6 Å². The van der Waals surface area contributed by atoms with Crippen LogP contribution in [0.5, 0.6) is 0 Å². The van der Waals surface area contributed by atoms with Gasteiger partial charge in [0, 0.05) is 32.1 Å². The molecule has 1 aliphatic heterocycles. The van der Waals surface area contributed by atoms with Gasteiger partial charge in [0.05, 0.1) is 18.2 Å². The minimum Gasteiger partial charge on any atom is -0.385 e. The van der Waals surface area contributed by atoms with Gasteiger partial charge in [-0.2, -0.15) is 0 Å². The number of nitrogens with zero attached hydrogens (tertiary/aromatic N) is 1. The normalized spacial score (nSPS) is 31.6. The lowest BCUT2D eigenvalue weighted by atomic mass is 9.96. The lowest BCUT2D eigenvalue weighted by Crippen LogP contribution is -2.47. The van der Waals surface area contributed by atoms with E-state index in [2.05, 4.69) is 41.0 Å². The number of nitrogens with one attached hydrogen (secondary N) is 2. The molecule has 4 N–H and O–H groups in total. The summed E-state index contributed by atoms with van der Waals surface area (Å²) in [6, 6.07) is 0.303. The van der Waals surface area contributed by atoms with Gasteiger partial charge < -0.3 is 20.8 Å². The predicted octanol–water partition coefficient (Wildman–Crippen LogP) is 0.318. The number of methoxy groups -OCH3 is 1. The first kappa shape index (κ1) is 13.4. The van der Waals surface area contributed by atoms with Crippen molar-refractivity contribution in [1.82, 2.24) is 15.8 Å². The van der Waals surface area contributed by atoms with Crippen molar-refractivity contribution >= 4 is 0 Å². The summed E-state index contributed by atoms with van der Waals surface area (Å²) in [5.74, 6) is 0. The molecule has 1 aliphatic carbocycles. The van der Waals surface area contributed by atoms with E-state index in [-0.39, 0.29) is 12.1 Å². The smallest absolute Gasteiger partial charge is 0.0781 e. The van der Waals surface area contributed by atoms with Crippen LogP contribution < -0.4 is 16.5 Å². The average molecular weight is 252 g/mol. The van der Waals surface area contributed by atoms with Crippen molar-refractivity contribution in [2.75, 3.05) is 20.2 Å². The highest BCUT2D eigenvalue weighted by Gasteiger charge is 2.25. The quantitative estimate of drug-likeness (QED) is 0.658. The second-order valence-electron chi connectivity index (χ2n) is 4.78. The number of ether oxygens (including phenoxy) is 1. The van der Waals surface area contributed by atoms with Crippen LogP contribution in [-0.4, -0.2) is 43.4 Å². The Balaban J connectivity index is 1.80. The highest BCUT2D eigenvalue weighted by molar-refractivity contribution is 5.15. The van der Waals surface area contributed by atoms with Crippen LogP contribution in [0.4, 0.5) is 0 Å². The molecule has 1 heterocycles. The monoisotopic (exact) mass is 252 g/mol. The summed E-state index contributed by atoms with van der Waals surface area (Å²) >= 11 is 0. The first-order valence-corrected chi connectivity index (χ1v) is 6.68. The maximum Gasteiger partial charge on any atom is 0.0781 e. The van der Waals surface area contributed by atoms with E-state index in [1.807, 2.05) is 0 Å². The van der Waals surface area contributed by atoms with Crippen LogP contribution in [0.2, 0.25) is 0 Å². The Morgan fingerprint density at radius 2 is 2.44 bits per heavy atom. The number of nitrogens with two attached hydrogens (primary N) is 1. The molecule has 0 radical (unpaired) electrons. The third-order valence-corrected chi connectivity index (χ3v) is 3.57. The topological polar surface area (TPSA) is 62.5 Å². The molecule has 0 aromatic rings. The molecule has 0 amide bonds. The zero-order valence-corrected chi connectivity index (χ0v) is 11.2. The molecule has 5 heteroatoms. The molecule has 2 aliphatic rings. The zero-order chi connectivity index (χ0) is 13.0. The van der Waals surface area contributed by atoms with Gasteiger partial charge in [0.25, 0.3) is 0 Å². The lowest BCUT2D eigenvalue weighted by Gasteiger charge is -2.30. The summed E-state index contributed by atoms with van der Waals surface area (Å²) in [5.41, 5.74) is 10.7. The molecule has 2 rings (SSSR count). The lowest BCUT2D eigenvalue weighted by molar-refractivity contribution is 0.0767. The van der Waals surface area contributed by atoms with E-state index in [0.29, 0.717) is 6.04 Å². The van der Waals surface area contributed by atoms with E-state index >= 15 is 0 Å². The first-order chi connectivity index (χ1) is 8.74. The van der Waals surface area contributed by atoms with E-state index in [4.69, 9.17) is 10.5 Å². The van der Waals surface area contributed by atoms with Crippen molar-refractivity contribution < 1.29 is 4.74 Å². The third-order valence-electron chi connectivity index (χ3n) is 3.57. The molecule has 0 fully saturated rings. The van der Waals surface area contributed by atoms with Gasteiger partial charge >= 0.3 is 0 Å². The molecule has 0 aromatic carbocycles. The van der Waals surface area contributed by atoms with Crippen LogP contribution in [0.25, 0.3) is 0 Å². The van der Waals surface area contributed by atoms with Gasteiger partial charge in [-0.3, -0.25) is 0 Å². The van der Waals surface area contributed by atoms with Crippen molar-refractivity contribution in [3.63, 3.8) is 0 Å². The fourth-order valence-corrected chi connectivity index (χ4v) is 2.42. The fraction of sp³-hybridized carbons (Fsp3) is 0.692. The number of hydrazine groups is 1. The van der Waals surface area contributed by atoms with Gasteiger partial charge in [0.1, 0.15) is 0 Å². The van der Waals surface area contributed by atoms with Crippen molar-refractivity contribution in [2.24, 2.45) is 5.73 Å². The molecule has 18 heavy (non-hydrogen) atoms. The minimum absolute atomic E-state index is 0.0311. The molecule has 0 spiro atoms. The fourth-order valence-electron chi connectivity index (χ4n) is 2.42. The molecule has 3 unspecified atom stereocenters. The molecule has 0 aromatic heterocycles. The van der Waals surface area contributed by atoms with E-state index in [1.165, 1.54) is 0 Å². The Morgan fingerprint density at radius 3 is 3.11 bits per heavy atom. The molecular formula is C13H24N4O. The molecule has 0 saturated carbocycles. The molecule has 102 valence electrons. The Labute approximate surface area is 109 Å². The van der Waals surface area contributed by atoms with Gasteiger partial charge in [-0.15, -0.1) is 0 Å². The van der Waals surface area contributed by atoms with Gasteiger partial charge in [-0.1, -0.05) is 6.08 Å². The second-order valence-corrected chi connectivity index (χ2v) is 4.78. The second kappa shape index (κ2) is 6.22. The highest BCUT2D eigenvalue weighted by Crippen LogP contribution is 2.18. The van der Waals surface area contributed by atoms with E-state index < -0.39 is 0 Å². The Hall–Kier alpha value is -1.04. The highest BCUT2D eigenvalue weighted by atomic mass is 16.5. The number of hydrogen-bond acceptors (Lipinski definition) is 5. The molecule has 5 nitrogen and oxygen atoms in total. The SMILES string of the molecule is CCN1C=CC(CNC2=CCCC(OC)C2N)N1. The van der Waals surface area contributed by atoms with Crippen LogP contribution in [0.1, 0.15) is 19.8 Å². The largest absolute Gasteiger partial charge is 0.385 e. The Kier molecular flexibility index (Phi) is 4.63. The summed E-state index contributed by atoms with van der Waals surface area (Å²) in [6.07, 6.45) is 8.61. The van der Waals surface area contributed by atoms with Crippen molar-refractivity contribution in [1.29, 1.82) is 0 Å². The van der Waals surface area contributed by atoms with Gasteiger partial charge in [-0.05, 0) is 25.8 Å². The van der Waals surface area contributed by atoms with E-state index in [1.54, 1.807) is 7.11 Å². The zero-order valence-electron chi connectivity index (χ0n) is 11.2. The van der Waals surface area contributed by atoms with Crippen LogP contribution in [0.15, 0.2) is 24.0 Å². The van der Waals surface area contributed by atoms with Crippen molar-refractivity contribution in [3.8, 4) is 0 Å². The van der Waals surface area contributed by atoms with E-state index in [9.17, 15) is 0 Å². The summed E-state index contributed by atoms with van der Waals surface area (Å²) in [5, 5.41) is 5.52. The van der Waals surface area contributed by atoms with Crippen LogP contribution >= 0.6 is 0 Å². The van der Waals surface area contributed by atoms with Crippen LogP contribution in [-0.2, 0) is 4.74 Å². The average Bonchev–Trinajstić information content (AvgIpc) is 2.85. The minimum atomic E-state index is -0.0311. The van der Waals surface area contributed by atoms with Gasteiger partial charge in [0.2, 0.25) is 0 Å². The number of allylic oxidation sites excluding steroid dienone is 1. The first-order valence-electron chi connectivity index (χ1n) is 6.68. The Morgan fingerprint density at radius 1 is 1.61 bits per heavy atom. The summed E-state index contributed by atoms with van der Waals surface area (Å²) in [6.45, 7) is 3.94. The van der Waals surface area contributed by atoms with Crippen LogP contribution in [0, 0.1) is 0 Å². The summed E-state index contributed by atoms with van der Waals surface area (Å²) in [7, 11) is 1.73. The van der Waals surface area contributed by atoms with Gasteiger partial charge in [0.15, 0.2) is 0 Å². The number of hydrogen-bond donors (Lipinski definition) is 3. The Bertz CT molecular complexity index is 329. The maximum absolute atomic E-state index is 6.17. The van der Waals surface area contributed by atoms with Crippen LogP contribution in [0.3, 0.4) is 0 Å². The predicted molar refractivity (Wildman–Crippen MR) is 72.5 cm³/mol. The number of rotatable bonds is 5. The molecule has 3 atom stereocenters. The summed E-state index contributed by atoms with van der Waals surface area (Å²) in [4.78, 5) is 0. The molecular weight excluding hydrogens is 228 g/mol. The van der Waals surface area contributed by atoms with Crippen molar-refractivity contribution in [2.45, 2.75) is 38.0 Å². The third kappa shape index (κ3) is 3.04. The molecule has 0 bridgehead atoms. The maximum atomic E-state index is 6.17. The molecule has 0 saturated heterocycles. The standard InChI is InChI=1S/C13H24N4O/c1-3-17-8-7-10(16-17)9-15-11-5-4-6-12(18-2)13(11)14/h5,7-8,10,12-13,15-16H,3-4,6,9,14H2,1-2H3.